The zero-order chi connectivity index (χ0) is 9.90. The van der Waals surface area contributed by atoms with E-state index in [1.807, 2.05) is 18.2 Å². The molecule has 1 atom stereocenters. The fourth-order valence-electron chi connectivity index (χ4n) is 0.842. The van der Waals surface area contributed by atoms with Gasteiger partial charge in [-0.25, -0.2) is 9.37 Å². The van der Waals surface area contributed by atoms with Crippen molar-refractivity contribution in [1.82, 2.24) is 4.98 Å². The molecule has 1 aromatic heterocycles. The van der Waals surface area contributed by atoms with Crippen LogP contribution in [0.3, 0.4) is 0 Å². The summed E-state index contributed by atoms with van der Waals surface area (Å²) in [7, 11) is 0. The third kappa shape index (κ3) is 3.01. The molecule has 13 heavy (non-hydrogen) atoms. The van der Waals surface area contributed by atoms with Crippen LogP contribution < -0.4 is 5.32 Å². The average Bonchev–Trinajstić information content (AvgIpc) is 2.04. The van der Waals surface area contributed by atoms with E-state index < -0.39 is 5.67 Å². The van der Waals surface area contributed by atoms with Crippen molar-refractivity contribution in [1.29, 1.82) is 0 Å². The van der Waals surface area contributed by atoms with E-state index >= 15 is 0 Å². The van der Waals surface area contributed by atoms with Crippen molar-refractivity contribution < 1.29 is 4.39 Å². The number of pyridine rings is 1. The monoisotopic (exact) mass is 182 g/mol. The number of hydrogen-bond acceptors (Lipinski definition) is 2. The van der Waals surface area contributed by atoms with Gasteiger partial charge in [0.25, 0.3) is 0 Å². The van der Waals surface area contributed by atoms with E-state index in [1.54, 1.807) is 27.0 Å². The summed E-state index contributed by atoms with van der Waals surface area (Å²) in [5.41, 5.74) is -1.24. The van der Waals surface area contributed by atoms with Gasteiger partial charge in [-0.05, 0) is 32.9 Å². The molecule has 0 aliphatic heterocycles. The molecule has 0 spiro atoms. The van der Waals surface area contributed by atoms with E-state index in [0.717, 1.165) is 0 Å². The molecule has 2 nitrogen and oxygen atoms in total. The summed E-state index contributed by atoms with van der Waals surface area (Å²) in [4.78, 5) is 4.05. The number of alkyl halides is 1. The Morgan fingerprint density at radius 3 is 2.62 bits per heavy atom. The summed E-state index contributed by atoms with van der Waals surface area (Å²) in [5.74, 6) is 0.709. The standard InChI is InChI=1S/C10H15FN2/c1-8(10(2,3)11)13-9-6-4-5-7-12-9/h4-8H,1-3H3,(H,12,13)/t8-/m1/s1. The molecule has 1 N–H and O–H groups in total. The van der Waals surface area contributed by atoms with Crippen LogP contribution in [0.4, 0.5) is 10.2 Å². The summed E-state index contributed by atoms with van der Waals surface area (Å²) < 4.78 is 13.4. The van der Waals surface area contributed by atoms with Crippen molar-refractivity contribution in [2.75, 3.05) is 5.32 Å². The van der Waals surface area contributed by atoms with Gasteiger partial charge in [0.1, 0.15) is 11.5 Å². The number of anilines is 1. The van der Waals surface area contributed by atoms with Crippen LogP contribution in [0.2, 0.25) is 0 Å². The maximum atomic E-state index is 13.4. The van der Waals surface area contributed by atoms with E-state index in [1.165, 1.54) is 0 Å². The molecule has 0 aromatic carbocycles. The van der Waals surface area contributed by atoms with Crippen LogP contribution in [0.5, 0.6) is 0 Å². The maximum Gasteiger partial charge on any atom is 0.126 e. The fourth-order valence-corrected chi connectivity index (χ4v) is 0.842. The number of halogens is 1. The Morgan fingerprint density at radius 2 is 2.15 bits per heavy atom. The van der Waals surface area contributed by atoms with Gasteiger partial charge in [-0.1, -0.05) is 6.07 Å². The molecule has 72 valence electrons. The molecule has 0 aliphatic carbocycles. The SMILES string of the molecule is C[C@@H](Nc1ccccn1)C(C)(C)F. The van der Waals surface area contributed by atoms with Gasteiger partial charge in [-0.15, -0.1) is 0 Å². The van der Waals surface area contributed by atoms with Gasteiger partial charge in [0.15, 0.2) is 0 Å². The van der Waals surface area contributed by atoms with Crippen LogP contribution in [0.1, 0.15) is 20.8 Å². The summed E-state index contributed by atoms with van der Waals surface area (Å²) in [6.45, 7) is 4.90. The quantitative estimate of drug-likeness (QED) is 0.777. The smallest absolute Gasteiger partial charge is 0.126 e. The van der Waals surface area contributed by atoms with Crippen LogP contribution in [-0.4, -0.2) is 16.7 Å². The van der Waals surface area contributed by atoms with Gasteiger partial charge in [0.2, 0.25) is 0 Å². The predicted octanol–water partition coefficient (Wildman–Crippen LogP) is 2.63. The molecule has 0 unspecified atom stereocenters. The van der Waals surface area contributed by atoms with E-state index in [4.69, 9.17) is 0 Å². The largest absolute Gasteiger partial charge is 0.364 e. The van der Waals surface area contributed by atoms with Crippen molar-refractivity contribution in [3.63, 3.8) is 0 Å². The molecule has 1 heterocycles. The lowest BCUT2D eigenvalue weighted by Gasteiger charge is -2.24. The Labute approximate surface area is 78.2 Å². The lowest BCUT2D eigenvalue weighted by molar-refractivity contribution is 0.192. The summed E-state index contributed by atoms with van der Waals surface area (Å²) in [5, 5.41) is 3.00. The van der Waals surface area contributed by atoms with Gasteiger partial charge in [-0.3, -0.25) is 0 Å². The van der Waals surface area contributed by atoms with Gasteiger partial charge in [0.05, 0.1) is 6.04 Å². The zero-order valence-electron chi connectivity index (χ0n) is 8.21. The Balaban J connectivity index is 2.61. The molecular formula is C10H15FN2. The van der Waals surface area contributed by atoms with Gasteiger partial charge in [-0.2, -0.15) is 0 Å². The first-order valence-electron chi connectivity index (χ1n) is 4.36. The minimum atomic E-state index is -1.24. The first kappa shape index (κ1) is 9.96. The molecule has 3 heteroatoms. The second kappa shape index (κ2) is 3.73. The Hall–Kier alpha value is -1.12. The van der Waals surface area contributed by atoms with Crippen molar-refractivity contribution in [3.05, 3.63) is 24.4 Å². The molecule has 0 fully saturated rings. The summed E-state index contributed by atoms with van der Waals surface area (Å²) in [6.07, 6.45) is 1.68. The topological polar surface area (TPSA) is 24.9 Å². The van der Waals surface area contributed by atoms with Gasteiger partial charge < -0.3 is 5.32 Å². The lowest BCUT2D eigenvalue weighted by atomic mass is 10.0. The molecule has 0 aliphatic rings. The summed E-state index contributed by atoms with van der Waals surface area (Å²) >= 11 is 0. The second-order valence-corrected chi connectivity index (χ2v) is 3.65. The molecule has 0 saturated carbocycles. The first-order chi connectivity index (χ1) is 6.00. The Morgan fingerprint density at radius 1 is 1.46 bits per heavy atom. The Bertz CT molecular complexity index is 253. The molecule has 1 aromatic rings. The van der Waals surface area contributed by atoms with Crippen molar-refractivity contribution in [2.24, 2.45) is 0 Å². The normalized spacial score (nSPS) is 13.8. The molecule has 0 amide bonds. The molecule has 0 radical (unpaired) electrons. The van der Waals surface area contributed by atoms with Gasteiger partial charge in [0, 0.05) is 6.20 Å². The van der Waals surface area contributed by atoms with E-state index in [-0.39, 0.29) is 6.04 Å². The highest BCUT2D eigenvalue weighted by Crippen LogP contribution is 2.17. The van der Waals surface area contributed by atoms with Crippen LogP contribution in [0.15, 0.2) is 24.4 Å². The number of hydrogen-bond donors (Lipinski definition) is 1. The molecule has 1 rings (SSSR count). The summed E-state index contributed by atoms with van der Waals surface area (Å²) in [6, 6.07) is 5.27. The minimum Gasteiger partial charge on any atom is -0.364 e. The highest BCUT2D eigenvalue weighted by Gasteiger charge is 2.24. The first-order valence-corrected chi connectivity index (χ1v) is 4.36. The number of aromatic nitrogens is 1. The van der Waals surface area contributed by atoms with E-state index in [9.17, 15) is 4.39 Å². The highest BCUT2D eigenvalue weighted by atomic mass is 19.1. The maximum absolute atomic E-state index is 13.4. The molecular weight excluding hydrogens is 167 g/mol. The van der Waals surface area contributed by atoms with Crippen molar-refractivity contribution in [2.45, 2.75) is 32.5 Å². The second-order valence-electron chi connectivity index (χ2n) is 3.65. The number of nitrogens with one attached hydrogen (secondary N) is 1. The minimum absolute atomic E-state index is 0.248. The molecule has 0 saturated heterocycles. The van der Waals surface area contributed by atoms with E-state index in [0.29, 0.717) is 5.82 Å². The lowest BCUT2D eigenvalue weighted by Crippen LogP contribution is -2.35. The van der Waals surface area contributed by atoms with Crippen LogP contribution in [0, 0.1) is 0 Å². The van der Waals surface area contributed by atoms with Crippen LogP contribution in [-0.2, 0) is 0 Å². The average molecular weight is 182 g/mol. The van der Waals surface area contributed by atoms with Crippen molar-refractivity contribution >= 4 is 5.82 Å². The molecule has 0 bridgehead atoms. The highest BCUT2D eigenvalue weighted by molar-refractivity contribution is 5.35. The zero-order valence-corrected chi connectivity index (χ0v) is 8.21. The predicted molar refractivity (Wildman–Crippen MR) is 52.5 cm³/mol. The van der Waals surface area contributed by atoms with Crippen molar-refractivity contribution in [3.8, 4) is 0 Å². The fraction of sp³-hybridized carbons (Fsp3) is 0.500. The van der Waals surface area contributed by atoms with E-state index in [2.05, 4.69) is 10.3 Å². The van der Waals surface area contributed by atoms with Crippen LogP contribution in [0.25, 0.3) is 0 Å². The third-order valence-corrected chi connectivity index (χ3v) is 2.06. The van der Waals surface area contributed by atoms with Crippen LogP contribution >= 0.6 is 0 Å². The third-order valence-electron chi connectivity index (χ3n) is 2.06. The van der Waals surface area contributed by atoms with Gasteiger partial charge >= 0.3 is 0 Å². The number of rotatable bonds is 3. The number of nitrogens with zero attached hydrogens (tertiary/aromatic N) is 1. The Kier molecular flexibility index (Phi) is 2.86.